The number of carbonyl (C=O) groups is 1. The monoisotopic (exact) mass is 329 g/mol. The van der Waals surface area contributed by atoms with Gasteiger partial charge < -0.3 is 9.32 Å². The molecular weight excluding hydrogens is 302 g/mol. The fraction of sp³-hybridized carbons (Fsp3) is 0.700. The number of carbonyl (C=O) groups excluding carboxylic acids is 1. The van der Waals surface area contributed by atoms with Crippen LogP contribution in [0.1, 0.15) is 79.0 Å². The Hall–Kier alpha value is -1.58. The van der Waals surface area contributed by atoms with E-state index in [0.717, 1.165) is 49.6 Å². The molecule has 0 radical (unpaired) electrons. The molecule has 0 aromatic carbocycles. The van der Waals surface area contributed by atoms with E-state index in [2.05, 4.69) is 0 Å². The van der Waals surface area contributed by atoms with Gasteiger partial charge in [-0.15, -0.1) is 0 Å². The summed E-state index contributed by atoms with van der Waals surface area (Å²) in [5, 5.41) is 0. The van der Waals surface area contributed by atoms with Crippen LogP contribution in [0, 0.1) is 18.8 Å². The van der Waals surface area contributed by atoms with E-state index in [9.17, 15) is 9.59 Å². The normalized spacial score (nSPS) is 27.5. The topological polar surface area (TPSA) is 50.5 Å². The van der Waals surface area contributed by atoms with Gasteiger partial charge in [-0.05, 0) is 56.1 Å². The summed E-state index contributed by atoms with van der Waals surface area (Å²) in [5.74, 6) is 2.43. The number of aryl methyl sites for hydroxylation is 1. The van der Waals surface area contributed by atoms with E-state index in [0.29, 0.717) is 11.8 Å². The van der Waals surface area contributed by atoms with Crippen molar-refractivity contribution in [1.29, 1.82) is 0 Å². The van der Waals surface area contributed by atoms with Gasteiger partial charge in [0.2, 0.25) is 0 Å². The van der Waals surface area contributed by atoms with Crippen LogP contribution in [0.15, 0.2) is 15.3 Å². The van der Waals surface area contributed by atoms with E-state index in [-0.39, 0.29) is 11.5 Å². The predicted octanol–water partition coefficient (Wildman–Crippen LogP) is 3.87. The zero-order valence-electron chi connectivity index (χ0n) is 14.6. The summed E-state index contributed by atoms with van der Waals surface area (Å²) in [4.78, 5) is 27.3. The molecule has 0 N–H and O–H groups in total. The Bertz CT molecular complexity index is 689. The lowest BCUT2D eigenvalue weighted by molar-refractivity contribution is 0.0515. The van der Waals surface area contributed by atoms with Gasteiger partial charge in [0.25, 0.3) is 5.91 Å². The molecule has 0 spiro atoms. The highest BCUT2D eigenvalue weighted by Crippen LogP contribution is 2.37. The number of piperidine rings is 1. The summed E-state index contributed by atoms with van der Waals surface area (Å²) in [7, 11) is 0. The van der Waals surface area contributed by atoms with Crippen molar-refractivity contribution in [1.82, 2.24) is 4.90 Å². The molecule has 4 nitrogen and oxygen atoms in total. The minimum atomic E-state index is -0.437. The SMILES string of the molecule is Cc1cc(C2CCC2)oc(=O)c1C(=O)N1CC[C@@H]2CCCC[C@H]2C1. The maximum atomic E-state index is 12.9. The van der Waals surface area contributed by atoms with Gasteiger partial charge in [0.15, 0.2) is 0 Å². The standard InChI is InChI=1S/C20H27NO3/c1-13-11-17(15-7-4-8-15)24-20(23)18(13)19(22)21-10-9-14-5-2-3-6-16(14)12-21/h11,14-16H,2-10,12H2,1H3/t14-,16-/m0/s1. The zero-order chi connectivity index (χ0) is 16.7. The number of amides is 1. The molecule has 1 saturated heterocycles. The first-order valence-electron chi connectivity index (χ1n) is 9.57. The molecule has 1 amide bonds. The van der Waals surface area contributed by atoms with Gasteiger partial charge in [-0.25, -0.2) is 4.79 Å². The Morgan fingerprint density at radius 1 is 1.08 bits per heavy atom. The molecule has 2 heterocycles. The van der Waals surface area contributed by atoms with Gasteiger partial charge in [0.1, 0.15) is 11.3 Å². The summed E-state index contributed by atoms with van der Waals surface area (Å²) < 4.78 is 5.51. The van der Waals surface area contributed by atoms with Gasteiger partial charge in [0.05, 0.1) is 0 Å². The minimum Gasteiger partial charge on any atom is -0.427 e. The van der Waals surface area contributed by atoms with Crippen LogP contribution in [-0.4, -0.2) is 23.9 Å². The van der Waals surface area contributed by atoms with Crippen LogP contribution in [-0.2, 0) is 0 Å². The number of fused-ring (bicyclic) bond motifs is 1. The lowest BCUT2D eigenvalue weighted by Gasteiger charge is -2.41. The summed E-state index contributed by atoms with van der Waals surface area (Å²) in [5.41, 5.74) is 0.601. The molecular formula is C20H27NO3. The van der Waals surface area contributed by atoms with Crippen LogP contribution >= 0.6 is 0 Å². The highest BCUT2D eigenvalue weighted by atomic mass is 16.4. The second-order valence-corrected chi connectivity index (χ2v) is 7.97. The molecule has 1 aromatic heterocycles. The van der Waals surface area contributed by atoms with E-state index in [4.69, 9.17) is 4.42 Å². The van der Waals surface area contributed by atoms with Crippen LogP contribution in [0.25, 0.3) is 0 Å². The highest BCUT2D eigenvalue weighted by molar-refractivity contribution is 5.95. The molecule has 2 saturated carbocycles. The van der Waals surface area contributed by atoms with Gasteiger partial charge in [-0.3, -0.25) is 4.79 Å². The maximum absolute atomic E-state index is 12.9. The largest absolute Gasteiger partial charge is 0.427 e. The summed E-state index contributed by atoms with van der Waals surface area (Å²) >= 11 is 0. The van der Waals surface area contributed by atoms with Crippen molar-refractivity contribution < 1.29 is 9.21 Å². The Morgan fingerprint density at radius 2 is 1.83 bits per heavy atom. The second kappa shape index (κ2) is 6.38. The summed E-state index contributed by atoms with van der Waals surface area (Å²) in [6.07, 6.45) is 9.61. The number of hydrogen-bond acceptors (Lipinski definition) is 3. The second-order valence-electron chi connectivity index (χ2n) is 7.97. The molecule has 2 atom stereocenters. The lowest BCUT2D eigenvalue weighted by atomic mass is 9.75. The van der Waals surface area contributed by atoms with Crippen molar-refractivity contribution in [3.05, 3.63) is 33.4 Å². The van der Waals surface area contributed by atoms with Crippen LogP contribution in [0.2, 0.25) is 0 Å². The molecule has 0 bridgehead atoms. The van der Waals surface area contributed by atoms with E-state index >= 15 is 0 Å². The van der Waals surface area contributed by atoms with Crippen LogP contribution in [0.3, 0.4) is 0 Å². The van der Waals surface area contributed by atoms with Crippen molar-refractivity contribution in [2.24, 2.45) is 11.8 Å². The smallest absolute Gasteiger partial charge is 0.349 e. The van der Waals surface area contributed by atoms with Gasteiger partial charge >= 0.3 is 5.63 Å². The van der Waals surface area contributed by atoms with Gasteiger partial charge in [0, 0.05) is 19.0 Å². The number of hydrogen-bond donors (Lipinski definition) is 0. The quantitative estimate of drug-likeness (QED) is 0.827. The summed E-state index contributed by atoms with van der Waals surface area (Å²) in [6, 6.07) is 1.92. The molecule has 1 aromatic rings. The molecule has 3 fully saturated rings. The Labute approximate surface area is 143 Å². The zero-order valence-corrected chi connectivity index (χ0v) is 14.6. The minimum absolute atomic E-state index is 0.120. The van der Waals surface area contributed by atoms with E-state index in [1.165, 1.54) is 32.1 Å². The summed E-state index contributed by atoms with van der Waals surface area (Å²) in [6.45, 7) is 3.47. The number of nitrogens with zero attached hydrogens (tertiary/aromatic N) is 1. The number of rotatable bonds is 2. The van der Waals surface area contributed by atoms with Gasteiger partial charge in [-0.2, -0.15) is 0 Å². The first-order valence-corrected chi connectivity index (χ1v) is 9.57. The van der Waals surface area contributed by atoms with Crippen molar-refractivity contribution >= 4 is 5.91 Å². The third-order valence-corrected chi connectivity index (χ3v) is 6.47. The fourth-order valence-corrected chi connectivity index (χ4v) is 4.73. The van der Waals surface area contributed by atoms with Crippen molar-refractivity contribution in [3.63, 3.8) is 0 Å². The average Bonchev–Trinajstić information content (AvgIpc) is 2.52. The van der Waals surface area contributed by atoms with Crippen LogP contribution < -0.4 is 5.63 Å². The molecule has 0 unspecified atom stereocenters. The maximum Gasteiger partial charge on any atom is 0.349 e. The highest BCUT2D eigenvalue weighted by Gasteiger charge is 2.35. The Morgan fingerprint density at radius 3 is 2.50 bits per heavy atom. The van der Waals surface area contributed by atoms with Crippen LogP contribution in [0.4, 0.5) is 0 Å². The average molecular weight is 329 g/mol. The lowest BCUT2D eigenvalue weighted by Crippen LogP contribution is -2.46. The van der Waals surface area contributed by atoms with Crippen molar-refractivity contribution in [3.8, 4) is 0 Å². The van der Waals surface area contributed by atoms with E-state index in [1.54, 1.807) is 0 Å². The third kappa shape index (κ3) is 2.80. The van der Waals surface area contributed by atoms with Gasteiger partial charge in [-0.1, -0.05) is 25.7 Å². The molecule has 4 rings (SSSR count). The molecule has 130 valence electrons. The first kappa shape index (κ1) is 15.9. The molecule has 24 heavy (non-hydrogen) atoms. The Kier molecular flexibility index (Phi) is 4.23. The molecule has 3 aliphatic rings. The Balaban J connectivity index is 1.54. The first-order chi connectivity index (χ1) is 11.6. The van der Waals surface area contributed by atoms with Crippen LogP contribution in [0.5, 0.6) is 0 Å². The molecule has 1 aliphatic heterocycles. The molecule has 4 heteroatoms. The van der Waals surface area contributed by atoms with Crippen molar-refractivity contribution in [2.45, 2.75) is 64.2 Å². The third-order valence-electron chi connectivity index (χ3n) is 6.47. The number of likely N-dealkylation sites (tertiary alicyclic amines) is 1. The molecule has 2 aliphatic carbocycles. The predicted molar refractivity (Wildman–Crippen MR) is 92.3 cm³/mol. The van der Waals surface area contributed by atoms with E-state index in [1.807, 2.05) is 17.9 Å². The van der Waals surface area contributed by atoms with E-state index < -0.39 is 5.63 Å². The fourth-order valence-electron chi connectivity index (χ4n) is 4.73. The van der Waals surface area contributed by atoms with Crippen molar-refractivity contribution in [2.75, 3.05) is 13.1 Å².